The first-order chi connectivity index (χ1) is 37.5. The van der Waals surface area contributed by atoms with Crippen molar-refractivity contribution in [3.8, 4) is 0 Å². The van der Waals surface area contributed by atoms with Crippen molar-refractivity contribution in [1.29, 1.82) is 0 Å². The third-order valence-electron chi connectivity index (χ3n) is 18.2. The predicted molar refractivity (Wildman–Crippen MR) is 402 cm³/mol. The Morgan fingerprint density at radius 3 is 0.682 bits per heavy atom. The molecule has 5 aromatic rings. The lowest BCUT2D eigenvalue weighted by Crippen LogP contribution is -2.24. The van der Waals surface area contributed by atoms with Gasteiger partial charge < -0.3 is 0 Å². The van der Waals surface area contributed by atoms with Crippen LogP contribution in [0.25, 0.3) is 0 Å². The fourth-order valence-corrected chi connectivity index (χ4v) is 11.5. The zero-order valence-electron chi connectivity index (χ0n) is 53.4. The lowest BCUT2D eigenvalue weighted by molar-refractivity contribution is 0.155. The van der Waals surface area contributed by atoms with Gasteiger partial charge in [-0.25, -0.2) is 13.2 Å². The van der Waals surface area contributed by atoms with E-state index in [1.54, 1.807) is 51.2 Å². The van der Waals surface area contributed by atoms with Gasteiger partial charge in [-0.05, 0) is 200 Å². The maximum atomic E-state index is 12.6. The van der Waals surface area contributed by atoms with Gasteiger partial charge in [-0.3, -0.25) is 0 Å². The molecule has 5 aromatic carbocycles. The molecule has 5 aliphatic rings. The van der Waals surface area contributed by atoms with Gasteiger partial charge in [0.15, 0.2) is 0 Å². The summed E-state index contributed by atoms with van der Waals surface area (Å²) in [6.07, 6.45) is 29.6. The largest absolute Gasteiger partial charge is 0.207 e. The molecule has 0 aliphatic heterocycles. The van der Waals surface area contributed by atoms with Gasteiger partial charge in [-0.2, -0.15) is 0 Å². The van der Waals surface area contributed by atoms with E-state index in [4.69, 9.17) is 0 Å². The number of halogens is 3. The fourth-order valence-electron chi connectivity index (χ4n) is 11.5. The first-order valence-electron chi connectivity index (χ1n) is 31.8. The molecule has 3 heteroatoms. The molecule has 88 heavy (non-hydrogen) atoms. The van der Waals surface area contributed by atoms with Gasteiger partial charge in [0.2, 0.25) is 0 Å². The molecule has 5 fully saturated rings. The van der Waals surface area contributed by atoms with Crippen LogP contribution in [0, 0.1) is 133 Å². The predicted octanol–water partition coefficient (Wildman–Crippen LogP) is 29.9. The highest BCUT2D eigenvalue weighted by Crippen LogP contribution is 2.41. The van der Waals surface area contributed by atoms with Gasteiger partial charge in [0.25, 0.3) is 0 Å². The Morgan fingerprint density at radius 1 is 0.239 bits per heavy atom. The summed E-state index contributed by atoms with van der Waals surface area (Å²) in [5.41, 5.74) is 10.6. The lowest BCUT2D eigenvalue weighted by atomic mass is 9.70. The van der Waals surface area contributed by atoms with Crippen molar-refractivity contribution in [3.63, 3.8) is 0 Å². The van der Waals surface area contributed by atoms with Crippen LogP contribution in [0.1, 0.15) is 305 Å². The summed E-state index contributed by atoms with van der Waals surface area (Å²) < 4.78 is 37.8. The van der Waals surface area contributed by atoms with Gasteiger partial charge in [0.05, 0.1) is 0 Å². The van der Waals surface area contributed by atoms with Crippen molar-refractivity contribution in [2.45, 2.75) is 312 Å². The Bertz CT molecular complexity index is 2150. The Balaban J connectivity index is -0.000000170. The minimum Gasteiger partial charge on any atom is -0.207 e. The summed E-state index contributed by atoms with van der Waals surface area (Å²) in [5, 5.41) is 0. The average Bonchev–Trinajstić information content (AvgIpc) is 3.42. The second-order valence-electron chi connectivity index (χ2n) is 26.6. The van der Waals surface area contributed by atoms with Crippen molar-refractivity contribution in [1.82, 2.24) is 0 Å². The zero-order valence-corrected chi connectivity index (χ0v) is 53.4. The van der Waals surface area contributed by atoms with Gasteiger partial charge in [-0.15, -0.1) is 0 Å². The standard InChI is InChI=1S/C14H26.C14H20.C8H8F2.C8H9F.2C8H16.2C8H10.9CH4/c2*1-11-3-7-13(8-4-11)14-9-5-12(2)6-10-14;1-5-3-7(9)6(2)8(10)4-5;1-6-3-4-7(2)8(9)5-6;4*1-7-3-5-8(2)6-4-7;;;;;;;;;/h11-14H,3-10H2,1-2H3;3-4,7-8,12,14H,5-6,9-10H2,1-2H3;3-4H,1-2H3;3-5H,1-2H3;2*7-8H,3-6H2,1-2H3;2*3-6H,1-2H3;9*1H4. The maximum absolute atomic E-state index is 12.6. The molecule has 512 valence electrons. The van der Waals surface area contributed by atoms with E-state index in [2.05, 4.69) is 156 Å². The number of aryl methyl sites for hydroxylation is 8. The first-order valence-corrected chi connectivity index (χ1v) is 31.8. The van der Waals surface area contributed by atoms with E-state index in [9.17, 15) is 13.2 Å². The van der Waals surface area contributed by atoms with Crippen LogP contribution in [0.2, 0.25) is 0 Å². The Kier molecular flexibility index (Phi) is 59.3. The first kappa shape index (κ1) is 97.5. The minimum atomic E-state index is -0.475. The molecular weight excluding hydrogens is 1080 g/mol. The molecule has 5 aliphatic carbocycles. The van der Waals surface area contributed by atoms with Gasteiger partial charge in [0.1, 0.15) is 17.5 Å². The molecule has 0 spiro atoms. The molecule has 0 radical (unpaired) electrons. The van der Waals surface area contributed by atoms with Crippen LogP contribution in [-0.4, -0.2) is 0 Å². The van der Waals surface area contributed by atoms with Gasteiger partial charge in [-0.1, -0.05) is 318 Å². The van der Waals surface area contributed by atoms with E-state index in [1.165, 1.54) is 156 Å². The van der Waals surface area contributed by atoms with E-state index in [0.717, 1.165) is 64.7 Å². The lowest BCUT2D eigenvalue weighted by Gasteiger charge is -2.36. The Hall–Kier alpha value is -4.11. The van der Waals surface area contributed by atoms with Crippen molar-refractivity contribution in [2.75, 3.05) is 0 Å². The van der Waals surface area contributed by atoms with Crippen LogP contribution in [0.5, 0.6) is 0 Å². The number of hydrogen-bond acceptors (Lipinski definition) is 0. The molecule has 0 amide bonds. The van der Waals surface area contributed by atoms with Crippen LogP contribution >= 0.6 is 0 Å². The molecule has 0 nitrogen and oxygen atoms in total. The van der Waals surface area contributed by atoms with Crippen molar-refractivity contribution >= 4 is 0 Å². The summed E-state index contributed by atoms with van der Waals surface area (Å²) in [7, 11) is 0. The summed E-state index contributed by atoms with van der Waals surface area (Å²) in [6, 6.07) is 33.9. The molecule has 0 unspecified atom stereocenters. The van der Waals surface area contributed by atoms with E-state index in [1.807, 2.05) is 13.0 Å². The van der Waals surface area contributed by atoms with Crippen LogP contribution in [-0.2, 0) is 0 Å². The SMILES string of the molecule is C.C.C.C.C.C.C.C.C.CC1CCC(C)CC1.CC1CCC(C)CC1.CC1CCC(C2CCC(C)CC2)CC1.Cc1cc(F)c(C)c(F)c1.Cc1ccc(C)c(F)c1.Cc1ccc(C)cc1.Cc1ccc(C)cc1.Cc1ccc(C2CCC(C)CC2)cc1. The summed E-state index contributed by atoms with van der Waals surface area (Å²) in [6.45, 7) is 34.0. The topological polar surface area (TPSA) is 0 Å². The maximum Gasteiger partial charge on any atom is 0.129 e. The minimum absolute atomic E-state index is 0. The van der Waals surface area contributed by atoms with Gasteiger partial charge in [0, 0.05) is 5.56 Å². The van der Waals surface area contributed by atoms with Crippen molar-refractivity contribution in [2.24, 2.45) is 53.3 Å². The average molecular weight is 1230 g/mol. The third-order valence-corrected chi connectivity index (χ3v) is 18.2. The molecule has 0 heterocycles. The Morgan fingerprint density at radius 2 is 0.443 bits per heavy atom. The molecular formula is C85H151F3. The third kappa shape index (κ3) is 42.0. The zero-order chi connectivity index (χ0) is 58.4. The van der Waals surface area contributed by atoms with E-state index in [-0.39, 0.29) is 78.2 Å². The van der Waals surface area contributed by atoms with Crippen molar-refractivity contribution in [3.05, 3.63) is 176 Å². The molecule has 0 saturated heterocycles. The molecule has 0 aromatic heterocycles. The highest BCUT2D eigenvalue weighted by atomic mass is 19.1. The molecule has 10 rings (SSSR count). The molecule has 0 N–H and O–H groups in total. The van der Waals surface area contributed by atoms with E-state index >= 15 is 0 Å². The van der Waals surface area contributed by atoms with Crippen LogP contribution in [0.4, 0.5) is 13.2 Å². The summed E-state index contributed by atoms with van der Waals surface area (Å²) in [5.74, 6) is 9.07. The van der Waals surface area contributed by atoms with Crippen molar-refractivity contribution < 1.29 is 13.2 Å². The highest BCUT2D eigenvalue weighted by Gasteiger charge is 2.28. The van der Waals surface area contributed by atoms with Gasteiger partial charge >= 0.3 is 0 Å². The van der Waals surface area contributed by atoms with Crippen LogP contribution in [0.3, 0.4) is 0 Å². The molecule has 0 bridgehead atoms. The summed E-state index contributed by atoms with van der Waals surface area (Å²) >= 11 is 0. The quantitative estimate of drug-likeness (QED) is 0.165. The smallest absolute Gasteiger partial charge is 0.129 e. The second-order valence-corrected chi connectivity index (χ2v) is 26.6. The van der Waals surface area contributed by atoms with E-state index in [0.29, 0.717) is 11.1 Å². The number of rotatable bonds is 2. The normalized spacial score (nSPS) is 22.6. The monoisotopic (exact) mass is 1230 g/mol. The van der Waals surface area contributed by atoms with Crippen LogP contribution < -0.4 is 0 Å². The summed E-state index contributed by atoms with van der Waals surface area (Å²) in [4.78, 5) is 0. The fraction of sp³-hybridized carbons (Fsp3) is 0.647. The molecule has 5 saturated carbocycles. The molecule has 0 atom stereocenters. The highest BCUT2D eigenvalue weighted by molar-refractivity contribution is 5.26. The van der Waals surface area contributed by atoms with Crippen LogP contribution in [0.15, 0.2) is 103 Å². The van der Waals surface area contributed by atoms with E-state index < -0.39 is 11.6 Å². The number of hydrogen-bond donors (Lipinski definition) is 0. The second kappa shape index (κ2) is 53.5. The number of benzene rings is 5. The Labute approximate surface area is 551 Å².